The van der Waals surface area contributed by atoms with Crippen LogP contribution in [0, 0.1) is 0 Å². The van der Waals surface area contributed by atoms with Crippen LogP contribution in [0.15, 0.2) is 24.3 Å². The molecule has 5 heteroatoms. The zero-order valence-corrected chi connectivity index (χ0v) is 14.1. The molecule has 0 radical (unpaired) electrons. The third-order valence-corrected chi connectivity index (χ3v) is 4.25. The lowest BCUT2D eigenvalue weighted by molar-refractivity contribution is -0.122. The van der Waals surface area contributed by atoms with E-state index in [1.54, 1.807) is 0 Å². The Hall–Kier alpha value is -1.26. The van der Waals surface area contributed by atoms with E-state index in [4.69, 9.17) is 11.6 Å². The van der Waals surface area contributed by atoms with Gasteiger partial charge < -0.3 is 10.2 Å². The number of amides is 1. The van der Waals surface area contributed by atoms with Gasteiger partial charge >= 0.3 is 0 Å². The number of hydrogen-bond donors (Lipinski definition) is 1. The first-order valence-corrected chi connectivity index (χ1v) is 8.56. The molecule has 1 saturated heterocycles. The van der Waals surface area contributed by atoms with E-state index in [0.717, 1.165) is 49.9 Å². The van der Waals surface area contributed by atoms with E-state index in [0.29, 0.717) is 6.54 Å². The van der Waals surface area contributed by atoms with Crippen LogP contribution in [0.1, 0.15) is 26.2 Å². The molecule has 2 rings (SSSR count). The molecule has 0 atom stereocenters. The topological polar surface area (TPSA) is 35.6 Å². The summed E-state index contributed by atoms with van der Waals surface area (Å²) >= 11 is 6.04. The van der Waals surface area contributed by atoms with Gasteiger partial charge in [0.1, 0.15) is 0 Å². The molecule has 1 heterocycles. The number of carbonyl (C=O) groups is 1. The third-order valence-electron chi connectivity index (χ3n) is 4.02. The lowest BCUT2D eigenvalue weighted by atomic mass is 10.2. The highest BCUT2D eigenvalue weighted by molar-refractivity contribution is 6.30. The molecule has 0 unspecified atom stereocenters. The summed E-state index contributed by atoms with van der Waals surface area (Å²) < 4.78 is 0. The fraction of sp³-hybridized carbons (Fsp3) is 0.588. The van der Waals surface area contributed by atoms with Gasteiger partial charge in [-0.15, -0.1) is 0 Å². The second-order valence-corrected chi connectivity index (χ2v) is 6.24. The molecule has 1 aliphatic rings. The number of halogens is 1. The second kappa shape index (κ2) is 9.01. The number of nitrogens with one attached hydrogen (secondary N) is 1. The zero-order chi connectivity index (χ0) is 15.8. The Morgan fingerprint density at radius 3 is 2.68 bits per heavy atom. The van der Waals surface area contributed by atoms with E-state index in [2.05, 4.69) is 28.1 Å². The minimum absolute atomic E-state index is 0.146. The normalized spacial score (nSPS) is 15.8. The average molecular weight is 324 g/mol. The number of benzene rings is 1. The van der Waals surface area contributed by atoms with Gasteiger partial charge in [-0.2, -0.15) is 0 Å². The number of nitrogens with zero attached hydrogens (tertiary/aromatic N) is 2. The van der Waals surface area contributed by atoms with E-state index < -0.39 is 0 Å². The number of hydrogen-bond acceptors (Lipinski definition) is 3. The van der Waals surface area contributed by atoms with Gasteiger partial charge in [-0.25, -0.2) is 0 Å². The molecule has 1 fully saturated rings. The van der Waals surface area contributed by atoms with Crippen LogP contribution in [0.2, 0.25) is 5.02 Å². The first-order valence-electron chi connectivity index (χ1n) is 8.18. The zero-order valence-electron chi connectivity index (χ0n) is 13.4. The molecule has 0 saturated carbocycles. The van der Waals surface area contributed by atoms with Crippen LogP contribution in [0.4, 0.5) is 5.69 Å². The molecule has 0 bridgehead atoms. The van der Waals surface area contributed by atoms with Crippen molar-refractivity contribution in [1.29, 1.82) is 0 Å². The Kier molecular flexibility index (Phi) is 7.00. The first-order chi connectivity index (χ1) is 10.7. The van der Waals surface area contributed by atoms with E-state index in [9.17, 15) is 4.79 Å². The molecule has 1 aliphatic heterocycles. The quantitative estimate of drug-likeness (QED) is 0.784. The molecule has 22 heavy (non-hydrogen) atoms. The van der Waals surface area contributed by atoms with Gasteiger partial charge in [0.25, 0.3) is 0 Å². The smallest absolute Gasteiger partial charge is 0.234 e. The summed E-state index contributed by atoms with van der Waals surface area (Å²) in [7, 11) is 0. The van der Waals surface area contributed by atoms with E-state index in [1.807, 2.05) is 18.2 Å². The maximum atomic E-state index is 11.9. The number of unbranched alkanes of at least 4 members (excludes halogenated alkanes) is 2. The van der Waals surface area contributed by atoms with Gasteiger partial charge in [0, 0.05) is 43.4 Å². The Balaban J connectivity index is 1.69. The standard InChI is InChI=1S/C17H26ClN3O/c1-2-3-4-8-19-17(22)14-20-9-11-21(12-10-20)16-7-5-6-15(18)13-16/h5-7,13H,2-4,8-12,14H2,1H3,(H,19,22). The summed E-state index contributed by atoms with van der Waals surface area (Å²) in [6.45, 7) is 7.17. The average Bonchev–Trinajstić information content (AvgIpc) is 2.52. The van der Waals surface area contributed by atoms with Crippen molar-refractivity contribution < 1.29 is 4.79 Å². The number of anilines is 1. The van der Waals surface area contributed by atoms with Gasteiger partial charge in [-0.3, -0.25) is 9.69 Å². The van der Waals surface area contributed by atoms with Crippen molar-refractivity contribution in [3.63, 3.8) is 0 Å². The molecular formula is C17H26ClN3O. The maximum Gasteiger partial charge on any atom is 0.234 e. The summed E-state index contributed by atoms with van der Waals surface area (Å²) in [6, 6.07) is 7.96. The molecule has 1 N–H and O–H groups in total. The summed E-state index contributed by atoms with van der Waals surface area (Å²) in [5.74, 6) is 0.146. The minimum Gasteiger partial charge on any atom is -0.369 e. The van der Waals surface area contributed by atoms with Crippen molar-refractivity contribution >= 4 is 23.2 Å². The maximum absolute atomic E-state index is 11.9. The molecule has 0 aliphatic carbocycles. The second-order valence-electron chi connectivity index (χ2n) is 5.80. The molecule has 1 amide bonds. The lowest BCUT2D eigenvalue weighted by Crippen LogP contribution is -2.49. The SMILES string of the molecule is CCCCCNC(=O)CN1CCN(c2cccc(Cl)c2)CC1. The molecule has 0 spiro atoms. The van der Waals surface area contributed by atoms with Gasteiger partial charge in [-0.05, 0) is 24.6 Å². The van der Waals surface area contributed by atoms with Gasteiger partial charge in [-0.1, -0.05) is 37.4 Å². The Labute approximate surface area is 138 Å². The van der Waals surface area contributed by atoms with Crippen LogP contribution in [0.5, 0.6) is 0 Å². The molecule has 122 valence electrons. The molecule has 0 aromatic heterocycles. The fourth-order valence-electron chi connectivity index (χ4n) is 2.70. The van der Waals surface area contributed by atoms with Crippen molar-refractivity contribution in [3.8, 4) is 0 Å². The van der Waals surface area contributed by atoms with Crippen molar-refractivity contribution in [1.82, 2.24) is 10.2 Å². The van der Waals surface area contributed by atoms with Crippen molar-refractivity contribution in [3.05, 3.63) is 29.3 Å². The van der Waals surface area contributed by atoms with Crippen molar-refractivity contribution in [2.75, 3.05) is 44.2 Å². The van der Waals surface area contributed by atoms with Crippen LogP contribution >= 0.6 is 11.6 Å². The predicted octanol–water partition coefficient (Wildman–Crippen LogP) is 2.77. The van der Waals surface area contributed by atoms with Gasteiger partial charge in [0.05, 0.1) is 6.54 Å². The van der Waals surface area contributed by atoms with E-state index in [-0.39, 0.29) is 5.91 Å². The highest BCUT2D eigenvalue weighted by Gasteiger charge is 2.19. The lowest BCUT2D eigenvalue weighted by Gasteiger charge is -2.35. The molecule has 4 nitrogen and oxygen atoms in total. The summed E-state index contributed by atoms with van der Waals surface area (Å²) in [4.78, 5) is 16.4. The fourth-order valence-corrected chi connectivity index (χ4v) is 2.88. The summed E-state index contributed by atoms with van der Waals surface area (Å²) in [5, 5.41) is 3.77. The van der Waals surface area contributed by atoms with Gasteiger partial charge in [0.15, 0.2) is 0 Å². The highest BCUT2D eigenvalue weighted by atomic mass is 35.5. The van der Waals surface area contributed by atoms with Crippen LogP contribution in [-0.2, 0) is 4.79 Å². The Morgan fingerprint density at radius 1 is 1.23 bits per heavy atom. The summed E-state index contributed by atoms with van der Waals surface area (Å²) in [5.41, 5.74) is 1.16. The largest absolute Gasteiger partial charge is 0.369 e. The Bertz CT molecular complexity index is 473. The van der Waals surface area contributed by atoms with Crippen LogP contribution in [0.25, 0.3) is 0 Å². The summed E-state index contributed by atoms with van der Waals surface area (Å²) in [6.07, 6.45) is 3.44. The van der Waals surface area contributed by atoms with E-state index in [1.165, 1.54) is 12.8 Å². The molecule has 1 aromatic carbocycles. The van der Waals surface area contributed by atoms with Crippen molar-refractivity contribution in [2.45, 2.75) is 26.2 Å². The van der Waals surface area contributed by atoms with Crippen molar-refractivity contribution in [2.24, 2.45) is 0 Å². The van der Waals surface area contributed by atoms with Crippen LogP contribution in [0.3, 0.4) is 0 Å². The number of carbonyl (C=O) groups excluding carboxylic acids is 1. The van der Waals surface area contributed by atoms with E-state index >= 15 is 0 Å². The van der Waals surface area contributed by atoms with Gasteiger partial charge in [0.2, 0.25) is 5.91 Å². The number of rotatable bonds is 7. The monoisotopic (exact) mass is 323 g/mol. The minimum atomic E-state index is 0.146. The van der Waals surface area contributed by atoms with Crippen LogP contribution < -0.4 is 10.2 Å². The molecular weight excluding hydrogens is 298 g/mol. The molecule has 1 aromatic rings. The third kappa shape index (κ3) is 5.50. The predicted molar refractivity (Wildman–Crippen MR) is 92.6 cm³/mol. The highest BCUT2D eigenvalue weighted by Crippen LogP contribution is 2.20. The number of piperazine rings is 1. The Morgan fingerprint density at radius 2 is 2.00 bits per heavy atom. The van der Waals surface area contributed by atoms with Crippen LogP contribution in [-0.4, -0.2) is 50.1 Å². The first kappa shape index (κ1) is 17.1.